The molecule has 0 radical (unpaired) electrons. The van der Waals surface area contributed by atoms with Gasteiger partial charge in [0, 0.05) is 5.56 Å². The number of esters is 1. The molecule has 0 spiro atoms. The Balaban J connectivity index is 1.73. The Kier molecular flexibility index (Phi) is 6.65. The lowest BCUT2D eigenvalue weighted by atomic mass is 10.2. The highest BCUT2D eigenvalue weighted by molar-refractivity contribution is 7.94. The number of amides is 1. The number of nitrogens with one attached hydrogen (secondary N) is 2. The Morgan fingerprint density at radius 2 is 1.87 bits per heavy atom. The first-order chi connectivity index (χ1) is 14.3. The highest BCUT2D eigenvalue weighted by Gasteiger charge is 2.22. The summed E-state index contributed by atoms with van der Waals surface area (Å²) in [6.07, 6.45) is 0. The van der Waals surface area contributed by atoms with Crippen LogP contribution >= 0.6 is 22.9 Å². The lowest BCUT2D eigenvalue weighted by Crippen LogP contribution is -2.13. The van der Waals surface area contributed by atoms with Gasteiger partial charge in [-0.1, -0.05) is 41.1 Å². The summed E-state index contributed by atoms with van der Waals surface area (Å²) in [5.41, 5.74) is 0.632. The average molecular weight is 467 g/mol. The molecule has 0 bridgehead atoms. The van der Waals surface area contributed by atoms with E-state index in [0.29, 0.717) is 16.9 Å². The lowest BCUT2D eigenvalue weighted by molar-refractivity contribution is 0.0526. The number of halogens is 1. The van der Waals surface area contributed by atoms with E-state index < -0.39 is 21.9 Å². The Morgan fingerprint density at radius 3 is 2.53 bits per heavy atom. The van der Waals surface area contributed by atoms with Gasteiger partial charge in [-0.2, -0.15) is 8.42 Å². The highest BCUT2D eigenvalue weighted by Crippen LogP contribution is 2.26. The summed E-state index contributed by atoms with van der Waals surface area (Å²) in [5.74, 6) is -1.05. The summed E-state index contributed by atoms with van der Waals surface area (Å²) in [5, 5.41) is 9.87. The number of carbonyl (C=O) groups is 2. The van der Waals surface area contributed by atoms with Crippen LogP contribution in [0.3, 0.4) is 0 Å². The van der Waals surface area contributed by atoms with E-state index in [1.807, 2.05) is 0 Å². The molecule has 3 aromatic rings. The molecule has 0 aliphatic heterocycles. The Morgan fingerprint density at radius 1 is 1.13 bits per heavy atom. The Hall–Kier alpha value is -3.02. The molecule has 30 heavy (non-hydrogen) atoms. The minimum atomic E-state index is -4.08. The molecule has 2 N–H and O–H groups in total. The number of hydrogen-bond donors (Lipinski definition) is 2. The zero-order valence-electron chi connectivity index (χ0n) is 15.5. The van der Waals surface area contributed by atoms with Crippen molar-refractivity contribution in [3.8, 4) is 0 Å². The van der Waals surface area contributed by atoms with Crippen molar-refractivity contribution < 1.29 is 22.7 Å². The van der Waals surface area contributed by atoms with Gasteiger partial charge in [-0.05, 0) is 37.3 Å². The van der Waals surface area contributed by atoms with Crippen molar-refractivity contribution in [2.24, 2.45) is 0 Å². The van der Waals surface area contributed by atoms with E-state index in [9.17, 15) is 18.0 Å². The second kappa shape index (κ2) is 9.20. The molecule has 0 saturated heterocycles. The van der Waals surface area contributed by atoms with Gasteiger partial charge in [-0.25, -0.2) is 4.79 Å². The minimum Gasteiger partial charge on any atom is -0.462 e. The number of benzene rings is 2. The molecule has 9 nitrogen and oxygen atoms in total. The number of aromatic nitrogens is 2. The summed E-state index contributed by atoms with van der Waals surface area (Å²) >= 11 is 6.74. The van der Waals surface area contributed by atoms with E-state index in [4.69, 9.17) is 16.3 Å². The summed E-state index contributed by atoms with van der Waals surface area (Å²) in [4.78, 5) is 23.9. The van der Waals surface area contributed by atoms with Crippen molar-refractivity contribution in [3.63, 3.8) is 0 Å². The molecule has 12 heteroatoms. The van der Waals surface area contributed by atoms with Crippen LogP contribution in [0.25, 0.3) is 0 Å². The van der Waals surface area contributed by atoms with Gasteiger partial charge in [-0.15, -0.1) is 10.2 Å². The molecule has 0 atom stereocenters. The number of nitrogens with zero attached hydrogens (tertiary/aromatic N) is 2. The van der Waals surface area contributed by atoms with Gasteiger partial charge >= 0.3 is 5.97 Å². The largest absolute Gasteiger partial charge is 0.462 e. The third-order valence-corrected chi connectivity index (χ3v) is 6.51. The molecule has 0 aliphatic rings. The lowest BCUT2D eigenvalue weighted by Gasteiger charge is -2.08. The standard InChI is InChI=1S/C18H15ClN4O5S2/c1-2-28-16(25)13-9-8-12(10-14(13)19)23-30(26,27)18-22-21-17(29-18)20-15(24)11-6-4-3-5-7-11/h3-10,23H,2H2,1H3,(H,20,21,24). The van der Waals surface area contributed by atoms with Gasteiger partial charge in [0.25, 0.3) is 20.3 Å². The number of rotatable bonds is 7. The van der Waals surface area contributed by atoms with Crippen LogP contribution in [0, 0.1) is 0 Å². The predicted octanol–water partition coefficient (Wildman–Crippen LogP) is 3.42. The van der Waals surface area contributed by atoms with Gasteiger partial charge in [0.15, 0.2) is 0 Å². The fourth-order valence-corrected chi connectivity index (χ4v) is 4.48. The second-order valence-corrected chi connectivity index (χ2v) is 8.95. The van der Waals surface area contributed by atoms with E-state index in [2.05, 4.69) is 20.2 Å². The van der Waals surface area contributed by atoms with Crippen molar-refractivity contribution in [3.05, 3.63) is 64.7 Å². The molecular weight excluding hydrogens is 452 g/mol. The van der Waals surface area contributed by atoms with Crippen LogP contribution in [0.5, 0.6) is 0 Å². The molecule has 0 unspecified atom stereocenters. The quantitative estimate of drug-likeness (QED) is 0.403. The fourth-order valence-electron chi connectivity index (χ4n) is 2.28. The SMILES string of the molecule is CCOC(=O)c1ccc(NS(=O)(=O)c2nnc(NC(=O)c3ccccc3)s2)cc1Cl. The first-order valence-corrected chi connectivity index (χ1v) is 11.2. The van der Waals surface area contributed by atoms with Crippen LogP contribution in [0.15, 0.2) is 52.9 Å². The van der Waals surface area contributed by atoms with Gasteiger partial charge in [-0.3, -0.25) is 14.8 Å². The summed E-state index contributed by atoms with van der Waals surface area (Å²) in [7, 11) is -4.08. The van der Waals surface area contributed by atoms with Crippen LogP contribution in [0.1, 0.15) is 27.6 Å². The summed E-state index contributed by atoms with van der Waals surface area (Å²) < 4.78 is 31.9. The molecular formula is C18H15ClN4O5S2. The summed E-state index contributed by atoms with van der Waals surface area (Å²) in [6, 6.07) is 12.4. The first-order valence-electron chi connectivity index (χ1n) is 8.49. The number of anilines is 2. The third-order valence-electron chi connectivity index (χ3n) is 3.61. The van der Waals surface area contributed by atoms with Gasteiger partial charge in [0.05, 0.1) is 22.9 Å². The van der Waals surface area contributed by atoms with E-state index in [-0.39, 0.29) is 32.4 Å². The maximum atomic E-state index is 12.6. The Labute approximate surface area is 181 Å². The highest BCUT2D eigenvalue weighted by atomic mass is 35.5. The smallest absolute Gasteiger partial charge is 0.339 e. The van der Waals surface area contributed by atoms with Gasteiger partial charge in [0.1, 0.15) is 0 Å². The van der Waals surface area contributed by atoms with Crippen LogP contribution in [-0.4, -0.2) is 37.1 Å². The third kappa shape index (κ3) is 5.12. The second-order valence-electron chi connectivity index (χ2n) is 5.71. The number of hydrogen-bond acceptors (Lipinski definition) is 8. The molecule has 156 valence electrons. The number of carbonyl (C=O) groups excluding carboxylic acids is 2. The van der Waals surface area contributed by atoms with Crippen LogP contribution < -0.4 is 10.0 Å². The van der Waals surface area contributed by atoms with Crippen LogP contribution in [0.2, 0.25) is 5.02 Å². The topological polar surface area (TPSA) is 127 Å². The minimum absolute atomic E-state index is 0.0277. The molecule has 1 heterocycles. The molecule has 2 aromatic carbocycles. The number of ether oxygens (including phenoxy) is 1. The first kappa shape index (κ1) is 21.7. The van der Waals surface area contributed by atoms with E-state index >= 15 is 0 Å². The van der Waals surface area contributed by atoms with Crippen molar-refractivity contribution in [2.75, 3.05) is 16.6 Å². The van der Waals surface area contributed by atoms with Crippen molar-refractivity contribution in [1.82, 2.24) is 10.2 Å². The maximum Gasteiger partial charge on any atom is 0.339 e. The zero-order valence-corrected chi connectivity index (χ0v) is 17.8. The van der Waals surface area contributed by atoms with E-state index in [1.54, 1.807) is 37.3 Å². The summed E-state index contributed by atoms with van der Waals surface area (Å²) in [6.45, 7) is 1.84. The zero-order chi connectivity index (χ0) is 21.7. The molecule has 0 fully saturated rings. The van der Waals surface area contributed by atoms with Crippen LogP contribution in [0.4, 0.5) is 10.8 Å². The molecule has 0 aliphatic carbocycles. The molecule has 0 saturated carbocycles. The monoisotopic (exact) mass is 466 g/mol. The molecule has 3 rings (SSSR count). The van der Waals surface area contributed by atoms with E-state index in [0.717, 1.165) is 0 Å². The molecule has 1 aromatic heterocycles. The average Bonchev–Trinajstić information content (AvgIpc) is 3.18. The van der Waals surface area contributed by atoms with Crippen LogP contribution in [-0.2, 0) is 14.8 Å². The van der Waals surface area contributed by atoms with Crippen molar-refractivity contribution >= 4 is 55.7 Å². The van der Waals surface area contributed by atoms with Gasteiger partial charge < -0.3 is 4.74 Å². The molecule has 1 amide bonds. The van der Waals surface area contributed by atoms with E-state index in [1.165, 1.54) is 18.2 Å². The maximum absolute atomic E-state index is 12.6. The fraction of sp³-hybridized carbons (Fsp3) is 0.111. The number of sulfonamides is 1. The Bertz CT molecular complexity index is 1180. The van der Waals surface area contributed by atoms with Gasteiger partial charge in [0.2, 0.25) is 5.13 Å². The van der Waals surface area contributed by atoms with Crippen molar-refractivity contribution in [2.45, 2.75) is 11.3 Å². The normalized spacial score (nSPS) is 11.0. The predicted molar refractivity (Wildman–Crippen MR) is 113 cm³/mol. The van der Waals surface area contributed by atoms with Crippen molar-refractivity contribution in [1.29, 1.82) is 0 Å².